The topological polar surface area (TPSA) is 43.6 Å². The van der Waals surface area contributed by atoms with E-state index in [4.69, 9.17) is 13.9 Å². The van der Waals surface area contributed by atoms with Crippen molar-refractivity contribution in [3.63, 3.8) is 0 Å². The smallest absolute Gasteiger partial charge is 0.231 e. The summed E-state index contributed by atoms with van der Waals surface area (Å²) in [5.74, 6) is 3.29. The summed E-state index contributed by atoms with van der Waals surface area (Å²) in [6, 6.07) is 17.8. The van der Waals surface area contributed by atoms with Crippen molar-refractivity contribution in [1.29, 1.82) is 0 Å². The van der Waals surface area contributed by atoms with E-state index in [0.29, 0.717) is 6.54 Å². The van der Waals surface area contributed by atoms with E-state index in [1.165, 1.54) is 0 Å². The van der Waals surface area contributed by atoms with E-state index in [1.54, 1.807) is 0 Å². The van der Waals surface area contributed by atoms with E-state index >= 15 is 0 Å². The Morgan fingerprint density at radius 2 is 1.74 bits per heavy atom. The van der Waals surface area contributed by atoms with Crippen LogP contribution in [0, 0.1) is 0 Å². The molecule has 1 aliphatic rings. The lowest BCUT2D eigenvalue weighted by atomic mass is 10.2. The van der Waals surface area contributed by atoms with Crippen molar-refractivity contribution in [3.8, 4) is 22.8 Å². The fourth-order valence-corrected chi connectivity index (χ4v) is 2.70. The van der Waals surface area contributed by atoms with Gasteiger partial charge in [-0.15, -0.1) is 0 Å². The summed E-state index contributed by atoms with van der Waals surface area (Å²) < 4.78 is 17.6. The number of nitrogens with one attached hydrogen (secondary N) is 1. The quantitative estimate of drug-likeness (QED) is 0.696. The van der Waals surface area contributed by atoms with Crippen molar-refractivity contribution in [2.24, 2.45) is 0 Å². The van der Waals surface area contributed by atoms with Crippen LogP contribution in [0.3, 0.4) is 0 Å². The largest absolute Gasteiger partial charge is 0.459 e. The maximum atomic E-state index is 5.89. The SMILES string of the molecule is Brc1ccc(-c2ccc(CNc3ccc4c(c3)OCO4)o2)cc1. The molecule has 4 nitrogen and oxygen atoms in total. The summed E-state index contributed by atoms with van der Waals surface area (Å²) in [6.45, 7) is 0.893. The Hall–Kier alpha value is -2.40. The van der Waals surface area contributed by atoms with Crippen LogP contribution in [0.1, 0.15) is 5.76 Å². The molecular formula is C18H14BrNO3. The van der Waals surface area contributed by atoms with Gasteiger partial charge in [0.2, 0.25) is 6.79 Å². The normalized spacial score (nSPS) is 12.4. The molecule has 1 aromatic heterocycles. The van der Waals surface area contributed by atoms with Crippen LogP contribution in [0.2, 0.25) is 0 Å². The predicted octanol–water partition coefficient (Wildman–Crippen LogP) is 5.05. The average molecular weight is 372 g/mol. The Bertz CT molecular complexity index is 827. The summed E-state index contributed by atoms with van der Waals surface area (Å²) in [5.41, 5.74) is 2.03. The van der Waals surface area contributed by atoms with Crippen LogP contribution in [0.25, 0.3) is 11.3 Å². The molecule has 5 heteroatoms. The summed E-state index contributed by atoms with van der Waals surface area (Å²) in [6.07, 6.45) is 0. The van der Waals surface area contributed by atoms with Crippen LogP contribution in [0.5, 0.6) is 11.5 Å². The van der Waals surface area contributed by atoms with Crippen molar-refractivity contribution in [2.45, 2.75) is 6.54 Å². The fourth-order valence-electron chi connectivity index (χ4n) is 2.44. The third-order valence-electron chi connectivity index (χ3n) is 3.63. The molecule has 0 radical (unpaired) electrons. The molecule has 3 aromatic rings. The number of halogens is 1. The van der Waals surface area contributed by atoms with Gasteiger partial charge in [0.1, 0.15) is 11.5 Å². The van der Waals surface area contributed by atoms with Crippen molar-refractivity contribution in [2.75, 3.05) is 12.1 Å². The standard InChI is InChI=1S/C18H14BrNO3/c19-13-3-1-12(2-4-13)16-8-6-15(23-16)10-20-14-5-7-17-18(9-14)22-11-21-17/h1-9,20H,10-11H2. The van der Waals surface area contributed by atoms with E-state index in [9.17, 15) is 0 Å². The van der Waals surface area contributed by atoms with Gasteiger partial charge in [-0.1, -0.05) is 28.1 Å². The molecule has 2 heterocycles. The first kappa shape index (κ1) is 14.2. The molecule has 116 valence electrons. The Labute approximate surface area is 142 Å². The summed E-state index contributed by atoms with van der Waals surface area (Å²) in [4.78, 5) is 0. The van der Waals surface area contributed by atoms with Gasteiger partial charge in [0.15, 0.2) is 11.5 Å². The number of rotatable bonds is 4. The van der Waals surface area contributed by atoms with Gasteiger partial charge in [0, 0.05) is 21.8 Å². The second-order valence-electron chi connectivity index (χ2n) is 5.19. The van der Waals surface area contributed by atoms with Gasteiger partial charge in [-0.2, -0.15) is 0 Å². The Kier molecular flexibility index (Phi) is 3.71. The lowest BCUT2D eigenvalue weighted by Crippen LogP contribution is -1.97. The van der Waals surface area contributed by atoms with Gasteiger partial charge in [0.25, 0.3) is 0 Å². The highest BCUT2D eigenvalue weighted by Gasteiger charge is 2.13. The molecule has 0 spiro atoms. The van der Waals surface area contributed by atoms with Gasteiger partial charge in [-0.25, -0.2) is 0 Å². The second kappa shape index (κ2) is 6.01. The zero-order valence-electron chi connectivity index (χ0n) is 12.2. The molecule has 0 saturated heterocycles. The van der Waals surface area contributed by atoms with E-state index in [0.717, 1.165) is 38.7 Å². The number of hydrogen-bond donors (Lipinski definition) is 1. The van der Waals surface area contributed by atoms with E-state index in [2.05, 4.69) is 21.2 Å². The summed E-state index contributed by atoms with van der Waals surface area (Å²) >= 11 is 3.44. The number of hydrogen-bond acceptors (Lipinski definition) is 4. The van der Waals surface area contributed by atoms with E-state index in [1.807, 2.05) is 54.6 Å². The van der Waals surface area contributed by atoms with Crippen LogP contribution in [-0.2, 0) is 6.54 Å². The van der Waals surface area contributed by atoms with Crippen molar-refractivity contribution in [3.05, 3.63) is 64.8 Å². The maximum absolute atomic E-state index is 5.89. The molecule has 23 heavy (non-hydrogen) atoms. The fraction of sp³-hybridized carbons (Fsp3) is 0.111. The molecule has 0 amide bonds. The van der Waals surface area contributed by atoms with Gasteiger partial charge >= 0.3 is 0 Å². The van der Waals surface area contributed by atoms with Crippen LogP contribution >= 0.6 is 15.9 Å². The second-order valence-corrected chi connectivity index (χ2v) is 6.11. The zero-order chi connectivity index (χ0) is 15.6. The average Bonchev–Trinajstić information content (AvgIpc) is 3.22. The number of fused-ring (bicyclic) bond motifs is 1. The van der Waals surface area contributed by atoms with Gasteiger partial charge in [-0.3, -0.25) is 0 Å². The molecule has 0 bridgehead atoms. The predicted molar refractivity (Wildman–Crippen MR) is 91.7 cm³/mol. The zero-order valence-corrected chi connectivity index (χ0v) is 13.8. The minimum absolute atomic E-state index is 0.285. The Balaban J connectivity index is 1.44. The Morgan fingerprint density at radius 1 is 0.913 bits per heavy atom. The van der Waals surface area contributed by atoms with Gasteiger partial charge in [0.05, 0.1) is 6.54 Å². The first-order valence-electron chi connectivity index (χ1n) is 7.26. The molecule has 0 aliphatic carbocycles. The maximum Gasteiger partial charge on any atom is 0.231 e. The Morgan fingerprint density at radius 3 is 2.61 bits per heavy atom. The highest BCUT2D eigenvalue weighted by Crippen LogP contribution is 2.34. The molecule has 4 rings (SSSR count). The molecule has 0 atom stereocenters. The van der Waals surface area contributed by atoms with E-state index in [-0.39, 0.29) is 6.79 Å². The molecule has 1 aliphatic heterocycles. The van der Waals surface area contributed by atoms with Crippen LogP contribution in [-0.4, -0.2) is 6.79 Å². The molecule has 1 N–H and O–H groups in total. The number of anilines is 1. The van der Waals surface area contributed by atoms with Gasteiger partial charge in [-0.05, 0) is 36.4 Å². The summed E-state index contributed by atoms with van der Waals surface area (Å²) in [7, 11) is 0. The first-order valence-corrected chi connectivity index (χ1v) is 8.05. The lowest BCUT2D eigenvalue weighted by Gasteiger charge is -2.05. The van der Waals surface area contributed by atoms with Crippen molar-refractivity contribution >= 4 is 21.6 Å². The molecular weight excluding hydrogens is 358 g/mol. The summed E-state index contributed by atoms with van der Waals surface area (Å²) in [5, 5.41) is 3.33. The number of ether oxygens (including phenoxy) is 2. The van der Waals surface area contributed by atoms with Crippen LogP contribution in [0.4, 0.5) is 5.69 Å². The third-order valence-corrected chi connectivity index (χ3v) is 4.16. The monoisotopic (exact) mass is 371 g/mol. The number of benzene rings is 2. The highest BCUT2D eigenvalue weighted by molar-refractivity contribution is 9.10. The molecule has 0 fully saturated rings. The molecule has 2 aromatic carbocycles. The van der Waals surface area contributed by atoms with Gasteiger partial charge < -0.3 is 19.2 Å². The van der Waals surface area contributed by atoms with Crippen molar-refractivity contribution in [1.82, 2.24) is 0 Å². The van der Waals surface area contributed by atoms with Crippen LogP contribution < -0.4 is 14.8 Å². The lowest BCUT2D eigenvalue weighted by molar-refractivity contribution is 0.174. The molecule has 0 saturated carbocycles. The van der Waals surface area contributed by atoms with Crippen molar-refractivity contribution < 1.29 is 13.9 Å². The minimum atomic E-state index is 0.285. The number of furan rings is 1. The molecule has 0 unspecified atom stereocenters. The van der Waals surface area contributed by atoms with E-state index < -0.39 is 0 Å². The minimum Gasteiger partial charge on any atom is -0.459 e. The highest BCUT2D eigenvalue weighted by atomic mass is 79.9. The first-order chi connectivity index (χ1) is 11.3. The van der Waals surface area contributed by atoms with Crippen LogP contribution in [0.15, 0.2) is 63.5 Å². The third kappa shape index (κ3) is 3.05.